The van der Waals surface area contributed by atoms with Crippen molar-refractivity contribution < 1.29 is 18.8 Å². The van der Waals surface area contributed by atoms with Crippen LogP contribution in [0.5, 0.6) is 0 Å². The van der Waals surface area contributed by atoms with Crippen molar-refractivity contribution in [2.75, 3.05) is 13.1 Å². The molecule has 1 N–H and O–H groups in total. The largest absolute Gasteiger partial charge is 0.481 e. The Morgan fingerprint density at radius 1 is 1.29 bits per heavy atom. The molecule has 1 aliphatic heterocycles. The van der Waals surface area contributed by atoms with E-state index in [1.807, 2.05) is 0 Å². The average Bonchev–Trinajstić information content (AvgIpc) is 2.90. The summed E-state index contributed by atoms with van der Waals surface area (Å²) in [7, 11) is 0. The molecule has 0 spiro atoms. The third kappa shape index (κ3) is 4.38. The number of hydrogen-bond donors (Lipinski definition) is 1. The number of carboxylic acids is 1. The predicted octanol–water partition coefficient (Wildman–Crippen LogP) is 2.95. The molecule has 0 amide bonds. The number of benzene rings is 1. The molecule has 24 heavy (non-hydrogen) atoms. The van der Waals surface area contributed by atoms with Crippen molar-refractivity contribution in [1.29, 1.82) is 0 Å². The molecular formula is C17H20FN3O3. The maximum Gasteiger partial charge on any atom is 0.303 e. The van der Waals surface area contributed by atoms with E-state index in [0.29, 0.717) is 23.8 Å². The standard InChI is InChI=1S/C17H20FN3O3/c18-14-5-3-13(4-6-14)17-19-15(24-20-17)11-21-8-1-2-12(7-9-21)10-16(22)23/h3-6,12H,1-2,7-11H2,(H,22,23)/t12-/m1/s1. The van der Waals surface area contributed by atoms with E-state index >= 15 is 0 Å². The molecule has 2 heterocycles. The summed E-state index contributed by atoms with van der Waals surface area (Å²) in [5.41, 5.74) is 0.712. The van der Waals surface area contributed by atoms with Crippen LogP contribution in [0.4, 0.5) is 4.39 Å². The molecule has 0 bridgehead atoms. The third-order valence-corrected chi connectivity index (χ3v) is 4.33. The van der Waals surface area contributed by atoms with Gasteiger partial charge >= 0.3 is 5.97 Å². The van der Waals surface area contributed by atoms with Gasteiger partial charge in [0.1, 0.15) is 5.82 Å². The fourth-order valence-electron chi connectivity index (χ4n) is 3.06. The van der Waals surface area contributed by atoms with Crippen LogP contribution >= 0.6 is 0 Å². The van der Waals surface area contributed by atoms with Crippen LogP contribution in [0.2, 0.25) is 0 Å². The SMILES string of the molecule is O=C(O)C[C@@H]1CCCN(Cc2nc(-c3ccc(F)cc3)no2)CC1. The van der Waals surface area contributed by atoms with Crippen molar-refractivity contribution in [2.24, 2.45) is 5.92 Å². The van der Waals surface area contributed by atoms with Gasteiger partial charge in [0.2, 0.25) is 11.7 Å². The number of nitrogens with zero attached hydrogens (tertiary/aromatic N) is 3. The summed E-state index contributed by atoms with van der Waals surface area (Å²) in [6.45, 7) is 2.27. The number of likely N-dealkylation sites (tertiary alicyclic amines) is 1. The zero-order valence-corrected chi connectivity index (χ0v) is 13.3. The molecule has 7 heteroatoms. The monoisotopic (exact) mass is 333 g/mol. The third-order valence-electron chi connectivity index (χ3n) is 4.33. The van der Waals surface area contributed by atoms with E-state index in [-0.39, 0.29) is 18.2 Å². The average molecular weight is 333 g/mol. The molecule has 6 nitrogen and oxygen atoms in total. The van der Waals surface area contributed by atoms with Gasteiger partial charge in [0, 0.05) is 12.0 Å². The summed E-state index contributed by atoms with van der Waals surface area (Å²) < 4.78 is 18.3. The van der Waals surface area contributed by atoms with Gasteiger partial charge in [-0.15, -0.1) is 0 Å². The highest BCUT2D eigenvalue weighted by molar-refractivity contribution is 5.67. The van der Waals surface area contributed by atoms with Crippen LogP contribution in [0.3, 0.4) is 0 Å². The highest BCUT2D eigenvalue weighted by Gasteiger charge is 2.21. The topological polar surface area (TPSA) is 79.5 Å². The maximum absolute atomic E-state index is 13.0. The lowest BCUT2D eigenvalue weighted by molar-refractivity contribution is -0.138. The Kier molecular flexibility index (Phi) is 5.20. The van der Waals surface area contributed by atoms with Crippen molar-refractivity contribution in [3.63, 3.8) is 0 Å². The first-order valence-corrected chi connectivity index (χ1v) is 8.13. The highest BCUT2D eigenvalue weighted by Crippen LogP contribution is 2.22. The minimum absolute atomic E-state index is 0.239. The van der Waals surface area contributed by atoms with Crippen molar-refractivity contribution in [1.82, 2.24) is 15.0 Å². The van der Waals surface area contributed by atoms with Crippen LogP contribution in [-0.2, 0) is 11.3 Å². The van der Waals surface area contributed by atoms with E-state index in [1.54, 1.807) is 12.1 Å². The number of aromatic nitrogens is 2. The fraction of sp³-hybridized carbons (Fsp3) is 0.471. The summed E-state index contributed by atoms with van der Waals surface area (Å²) in [5, 5.41) is 12.9. The Morgan fingerprint density at radius 3 is 2.83 bits per heavy atom. The summed E-state index contributed by atoms with van der Waals surface area (Å²) in [6.07, 6.45) is 3.01. The summed E-state index contributed by atoms with van der Waals surface area (Å²) in [4.78, 5) is 17.4. The number of carbonyl (C=O) groups is 1. The summed E-state index contributed by atoms with van der Waals surface area (Å²) in [6, 6.07) is 5.96. The summed E-state index contributed by atoms with van der Waals surface area (Å²) >= 11 is 0. The van der Waals surface area contributed by atoms with Gasteiger partial charge in [-0.25, -0.2) is 4.39 Å². The molecule has 0 radical (unpaired) electrons. The molecule has 0 aliphatic carbocycles. The molecule has 1 aromatic heterocycles. The molecule has 1 aromatic carbocycles. The van der Waals surface area contributed by atoms with Gasteiger partial charge < -0.3 is 9.63 Å². The van der Waals surface area contributed by atoms with E-state index < -0.39 is 5.97 Å². The second kappa shape index (κ2) is 7.53. The predicted molar refractivity (Wildman–Crippen MR) is 84.6 cm³/mol. The number of aliphatic carboxylic acids is 1. The van der Waals surface area contributed by atoms with Crippen LogP contribution < -0.4 is 0 Å². The Morgan fingerprint density at radius 2 is 2.08 bits per heavy atom. The van der Waals surface area contributed by atoms with E-state index in [2.05, 4.69) is 15.0 Å². The molecule has 1 fully saturated rings. The van der Waals surface area contributed by atoms with Crippen LogP contribution in [0.15, 0.2) is 28.8 Å². The van der Waals surface area contributed by atoms with Gasteiger partial charge in [-0.2, -0.15) is 4.98 Å². The lowest BCUT2D eigenvalue weighted by Crippen LogP contribution is -2.24. The molecular weight excluding hydrogens is 313 g/mol. The minimum atomic E-state index is -0.728. The minimum Gasteiger partial charge on any atom is -0.481 e. The van der Waals surface area contributed by atoms with E-state index in [1.165, 1.54) is 12.1 Å². The quantitative estimate of drug-likeness (QED) is 0.906. The first-order chi connectivity index (χ1) is 11.6. The number of halogens is 1. The zero-order chi connectivity index (χ0) is 16.9. The second-order valence-corrected chi connectivity index (χ2v) is 6.19. The molecule has 1 aliphatic rings. The Bertz CT molecular complexity index is 687. The van der Waals surface area contributed by atoms with Crippen LogP contribution in [-0.4, -0.2) is 39.2 Å². The molecule has 3 rings (SSSR count). The van der Waals surface area contributed by atoms with Gasteiger partial charge in [0.15, 0.2) is 0 Å². The van der Waals surface area contributed by atoms with Crippen molar-refractivity contribution in [3.05, 3.63) is 36.0 Å². The van der Waals surface area contributed by atoms with Crippen molar-refractivity contribution in [2.45, 2.75) is 32.2 Å². The zero-order valence-electron chi connectivity index (χ0n) is 13.3. The molecule has 1 saturated heterocycles. The fourth-order valence-corrected chi connectivity index (χ4v) is 3.06. The van der Waals surface area contributed by atoms with Gasteiger partial charge in [0.25, 0.3) is 0 Å². The lowest BCUT2D eigenvalue weighted by atomic mass is 9.97. The normalized spacial score (nSPS) is 19.1. The first-order valence-electron chi connectivity index (χ1n) is 8.13. The summed E-state index contributed by atoms with van der Waals surface area (Å²) in [5.74, 6) is 0.178. The van der Waals surface area contributed by atoms with Gasteiger partial charge in [-0.05, 0) is 62.5 Å². The Labute approximate surface area is 139 Å². The van der Waals surface area contributed by atoms with Crippen molar-refractivity contribution >= 4 is 5.97 Å². The van der Waals surface area contributed by atoms with Crippen molar-refractivity contribution in [3.8, 4) is 11.4 Å². The smallest absolute Gasteiger partial charge is 0.303 e. The van der Waals surface area contributed by atoms with E-state index in [4.69, 9.17) is 9.63 Å². The molecule has 0 unspecified atom stereocenters. The molecule has 1 atom stereocenters. The molecule has 128 valence electrons. The Balaban J connectivity index is 1.58. The Hall–Kier alpha value is -2.28. The highest BCUT2D eigenvalue weighted by atomic mass is 19.1. The molecule has 2 aromatic rings. The van der Waals surface area contributed by atoms with Gasteiger partial charge in [0.05, 0.1) is 6.54 Å². The number of carboxylic acid groups (broad SMARTS) is 1. The molecule has 0 saturated carbocycles. The first kappa shape index (κ1) is 16.6. The van der Waals surface area contributed by atoms with Crippen LogP contribution in [0.1, 0.15) is 31.6 Å². The lowest BCUT2D eigenvalue weighted by Gasteiger charge is -2.17. The second-order valence-electron chi connectivity index (χ2n) is 6.19. The van der Waals surface area contributed by atoms with Crippen LogP contribution in [0.25, 0.3) is 11.4 Å². The van der Waals surface area contributed by atoms with E-state index in [9.17, 15) is 9.18 Å². The van der Waals surface area contributed by atoms with Gasteiger partial charge in [-0.1, -0.05) is 5.16 Å². The number of rotatable bonds is 5. The van der Waals surface area contributed by atoms with Gasteiger partial charge in [-0.3, -0.25) is 9.69 Å². The maximum atomic E-state index is 13.0. The number of hydrogen-bond acceptors (Lipinski definition) is 5. The van der Waals surface area contributed by atoms with E-state index in [0.717, 1.165) is 32.4 Å². The van der Waals surface area contributed by atoms with Crippen LogP contribution in [0, 0.1) is 11.7 Å².